The molecule has 1 aliphatic heterocycles. The fraction of sp³-hybridized carbons (Fsp3) is 0.364. The van der Waals surface area contributed by atoms with Crippen molar-refractivity contribution in [2.24, 2.45) is 0 Å². The maximum atomic E-state index is 10.3. The Bertz CT molecular complexity index is 358. The van der Waals surface area contributed by atoms with Crippen LogP contribution in [0.5, 0.6) is 5.75 Å². The Morgan fingerprint density at radius 1 is 1.50 bits per heavy atom. The molecule has 0 atom stereocenters. The summed E-state index contributed by atoms with van der Waals surface area (Å²) in [4.78, 5) is 10.3. The van der Waals surface area contributed by atoms with Gasteiger partial charge < -0.3 is 14.6 Å². The van der Waals surface area contributed by atoms with Gasteiger partial charge in [0.2, 0.25) is 0 Å². The van der Waals surface area contributed by atoms with Gasteiger partial charge in [0.25, 0.3) is 0 Å². The number of fused-ring (bicyclic) bond motifs is 1. The van der Waals surface area contributed by atoms with Crippen LogP contribution in [0.1, 0.15) is 17.5 Å². The van der Waals surface area contributed by atoms with Gasteiger partial charge in [0.1, 0.15) is 5.75 Å². The number of rotatable bonds is 3. The lowest BCUT2D eigenvalue weighted by molar-refractivity contribution is -0.305. The third-order valence-electron chi connectivity index (χ3n) is 2.37. The van der Waals surface area contributed by atoms with E-state index in [2.05, 4.69) is 0 Å². The molecule has 0 spiro atoms. The quantitative estimate of drug-likeness (QED) is 0.690. The van der Waals surface area contributed by atoms with Crippen LogP contribution in [0, 0.1) is 0 Å². The van der Waals surface area contributed by atoms with E-state index in [1.807, 2.05) is 18.2 Å². The Morgan fingerprint density at radius 3 is 3.14 bits per heavy atom. The molecule has 0 N–H and O–H groups in total. The molecule has 1 heterocycles. The summed E-state index contributed by atoms with van der Waals surface area (Å²) in [5.41, 5.74) is 2.22. The Balaban J connectivity index is 2.09. The Kier molecular flexibility index (Phi) is 2.39. The molecule has 0 saturated heterocycles. The van der Waals surface area contributed by atoms with Crippen molar-refractivity contribution in [3.8, 4) is 5.75 Å². The van der Waals surface area contributed by atoms with Gasteiger partial charge in [-0.25, -0.2) is 0 Å². The molecule has 3 heteroatoms. The largest absolute Gasteiger partial charge is 0.550 e. The van der Waals surface area contributed by atoms with Gasteiger partial charge in [-0.05, 0) is 30.0 Å². The van der Waals surface area contributed by atoms with Gasteiger partial charge in [-0.1, -0.05) is 12.1 Å². The highest BCUT2D eigenvalue weighted by Crippen LogP contribution is 2.26. The summed E-state index contributed by atoms with van der Waals surface area (Å²) in [5.74, 6) is -0.0658. The van der Waals surface area contributed by atoms with Crippen molar-refractivity contribution in [1.29, 1.82) is 0 Å². The maximum absolute atomic E-state index is 10.3. The number of aliphatic carboxylic acids is 1. The lowest BCUT2D eigenvalue weighted by Gasteiger charge is -2.04. The number of carbonyl (C=O) groups excluding carboxylic acids is 1. The van der Waals surface area contributed by atoms with Crippen molar-refractivity contribution in [1.82, 2.24) is 0 Å². The van der Waals surface area contributed by atoms with Crippen molar-refractivity contribution in [3.63, 3.8) is 0 Å². The second-order valence-electron chi connectivity index (χ2n) is 3.41. The first-order valence-electron chi connectivity index (χ1n) is 4.70. The zero-order chi connectivity index (χ0) is 9.97. The minimum Gasteiger partial charge on any atom is -0.550 e. The van der Waals surface area contributed by atoms with Gasteiger partial charge in [0.05, 0.1) is 6.61 Å². The van der Waals surface area contributed by atoms with E-state index in [0.29, 0.717) is 6.42 Å². The predicted molar refractivity (Wildman–Crippen MR) is 49.0 cm³/mol. The molecule has 74 valence electrons. The first kappa shape index (κ1) is 9.06. The summed E-state index contributed by atoms with van der Waals surface area (Å²) in [6.07, 6.45) is 1.55. The fourth-order valence-electron chi connectivity index (χ4n) is 1.64. The first-order chi connectivity index (χ1) is 6.75. The fourth-order valence-corrected chi connectivity index (χ4v) is 1.64. The monoisotopic (exact) mass is 191 g/mol. The number of carboxylic acid groups (broad SMARTS) is 1. The highest BCUT2D eigenvalue weighted by molar-refractivity contribution is 5.64. The van der Waals surface area contributed by atoms with Crippen LogP contribution >= 0.6 is 0 Å². The van der Waals surface area contributed by atoms with Gasteiger partial charge in [-0.3, -0.25) is 0 Å². The number of hydrogen-bond donors (Lipinski definition) is 0. The highest BCUT2D eigenvalue weighted by atomic mass is 16.5. The maximum Gasteiger partial charge on any atom is 0.122 e. The molecule has 0 fully saturated rings. The second-order valence-corrected chi connectivity index (χ2v) is 3.41. The molecule has 1 aromatic rings. The molecule has 0 radical (unpaired) electrons. The minimum absolute atomic E-state index is 0.0830. The summed E-state index contributed by atoms with van der Waals surface area (Å²) in [6, 6.07) is 5.84. The highest BCUT2D eigenvalue weighted by Gasteiger charge is 2.11. The van der Waals surface area contributed by atoms with Crippen molar-refractivity contribution in [2.45, 2.75) is 19.3 Å². The Labute approximate surface area is 82.3 Å². The van der Waals surface area contributed by atoms with Crippen LogP contribution in [0.25, 0.3) is 0 Å². The van der Waals surface area contributed by atoms with Crippen molar-refractivity contribution in [2.75, 3.05) is 6.61 Å². The number of ether oxygens (including phenoxy) is 1. The van der Waals surface area contributed by atoms with E-state index in [-0.39, 0.29) is 6.42 Å². The molecule has 1 aromatic carbocycles. The van der Waals surface area contributed by atoms with Crippen molar-refractivity contribution < 1.29 is 14.6 Å². The van der Waals surface area contributed by atoms with Crippen LogP contribution in [-0.2, 0) is 17.6 Å². The molecule has 0 bridgehead atoms. The number of aryl methyl sites for hydroxylation is 1. The van der Waals surface area contributed by atoms with Crippen LogP contribution in [0.15, 0.2) is 18.2 Å². The first-order valence-corrected chi connectivity index (χ1v) is 4.70. The van der Waals surface area contributed by atoms with E-state index in [9.17, 15) is 9.90 Å². The number of carboxylic acids is 1. The summed E-state index contributed by atoms with van der Waals surface area (Å²) in [6.45, 7) is 0.735. The van der Waals surface area contributed by atoms with Gasteiger partial charge >= 0.3 is 0 Å². The van der Waals surface area contributed by atoms with Crippen molar-refractivity contribution in [3.05, 3.63) is 29.3 Å². The van der Waals surface area contributed by atoms with Crippen LogP contribution in [0.2, 0.25) is 0 Å². The van der Waals surface area contributed by atoms with Gasteiger partial charge in [-0.2, -0.15) is 0 Å². The van der Waals surface area contributed by atoms with Crippen LogP contribution in [0.4, 0.5) is 0 Å². The van der Waals surface area contributed by atoms with E-state index in [0.717, 1.165) is 24.3 Å². The number of hydrogen-bond acceptors (Lipinski definition) is 3. The predicted octanol–water partition coefficient (Wildman–Crippen LogP) is 0.304. The molecule has 1 aliphatic rings. The average molecular weight is 191 g/mol. The van der Waals surface area contributed by atoms with Gasteiger partial charge in [0.15, 0.2) is 0 Å². The van der Waals surface area contributed by atoms with E-state index >= 15 is 0 Å². The molecule has 2 rings (SSSR count). The second kappa shape index (κ2) is 3.70. The minimum atomic E-state index is -0.998. The summed E-state index contributed by atoms with van der Waals surface area (Å²) in [5, 5.41) is 10.3. The molecule has 0 aromatic heterocycles. The molecule has 0 amide bonds. The number of benzene rings is 1. The normalized spacial score (nSPS) is 13.4. The molecular weight excluding hydrogens is 180 g/mol. The van der Waals surface area contributed by atoms with Crippen LogP contribution in [0.3, 0.4) is 0 Å². The molecule has 0 aliphatic carbocycles. The number of carbonyl (C=O) groups is 1. The van der Waals surface area contributed by atoms with Crippen LogP contribution in [-0.4, -0.2) is 12.6 Å². The molecule has 3 nitrogen and oxygen atoms in total. The van der Waals surface area contributed by atoms with E-state index < -0.39 is 5.97 Å². The van der Waals surface area contributed by atoms with Gasteiger partial charge in [0, 0.05) is 12.4 Å². The third kappa shape index (κ3) is 1.87. The smallest absolute Gasteiger partial charge is 0.122 e. The summed E-state index contributed by atoms with van der Waals surface area (Å²) < 4.78 is 5.35. The van der Waals surface area contributed by atoms with Crippen molar-refractivity contribution >= 4 is 5.97 Å². The molecular formula is C11H11O3-. The lowest BCUT2D eigenvalue weighted by atomic mass is 10.1. The van der Waals surface area contributed by atoms with Gasteiger partial charge in [-0.15, -0.1) is 0 Å². The molecule has 0 saturated carbocycles. The standard InChI is InChI=1S/C11H12O3/c12-11(13)4-2-8-1-3-10-9(7-8)5-6-14-10/h1,3,7H,2,4-6H2,(H,12,13)/p-1. The Hall–Kier alpha value is -1.51. The Morgan fingerprint density at radius 2 is 2.36 bits per heavy atom. The zero-order valence-corrected chi connectivity index (χ0v) is 7.79. The van der Waals surface area contributed by atoms with E-state index in [1.165, 1.54) is 5.56 Å². The SMILES string of the molecule is O=C([O-])CCc1ccc2c(c1)CCO2. The lowest BCUT2D eigenvalue weighted by Crippen LogP contribution is -2.22. The topological polar surface area (TPSA) is 49.4 Å². The molecule has 14 heavy (non-hydrogen) atoms. The summed E-state index contributed by atoms with van der Waals surface area (Å²) in [7, 11) is 0. The van der Waals surface area contributed by atoms with E-state index in [1.54, 1.807) is 0 Å². The average Bonchev–Trinajstić information content (AvgIpc) is 2.61. The zero-order valence-electron chi connectivity index (χ0n) is 7.79. The summed E-state index contributed by atoms with van der Waals surface area (Å²) >= 11 is 0. The molecule has 0 unspecified atom stereocenters. The van der Waals surface area contributed by atoms with Crippen LogP contribution < -0.4 is 9.84 Å². The van der Waals surface area contributed by atoms with E-state index in [4.69, 9.17) is 4.74 Å². The third-order valence-corrected chi connectivity index (χ3v) is 2.37.